The highest BCUT2D eigenvalue weighted by Crippen LogP contribution is 2.21. The van der Waals surface area contributed by atoms with Crippen LogP contribution in [0.3, 0.4) is 0 Å². The lowest BCUT2D eigenvalue weighted by atomic mass is 9.95. The van der Waals surface area contributed by atoms with E-state index in [-0.39, 0.29) is 18.1 Å². The molecule has 6 nitrogen and oxygen atoms in total. The second-order valence-corrected chi connectivity index (χ2v) is 9.33. The maximum atomic E-state index is 12.8. The van der Waals surface area contributed by atoms with Crippen molar-refractivity contribution >= 4 is 5.91 Å². The molecule has 2 rings (SSSR count). The fourth-order valence-electron chi connectivity index (χ4n) is 3.74. The average molecular weight is 466 g/mol. The fraction of sp³-hybridized carbons (Fsp3) is 0.500. The highest BCUT2D eigenvalue weighted by atomic mass is 16.5. The monoisotopic (exact) mass is 465 g/mol. The highest BCUT2D eigenvalue weighted by molar-refractivity contribution is 5.94. The Morgan fingerprint density at radius 2 is 1.82 bits per heavy atom. The first-order valence-electron chi connectivity index (χ1n) is 12.2. The van der Waals surface area contributed by atoms with E-state index in [9.17, 15) is 15.2 Å². The van der Waals surface area contributed by atoms with Crippen molar-refractivity contribution in [3.63, 3.8) is 0 Å². The summed E-state index contributed by atoms with van der Waals surface area (Å²) in [6.07, 6.45) is 2.93. The number of nitrogens with zero attached hydrogens (tertiary/aromatic N) is 2. The first-order chi connectivity index (χ1) is 16.3. The van der Waals surface area contributed by atoms with Crippen LogP contribution in [0.1, 0.15) is 68.4 Å². The summed E-state index contributed by atoms with van der Waals surface area (Å²) < 4.78 is 5.74. The first kappa shape index (κ1) is 27.4. The minimum Gasteiger partial charge on any atom is -0.489 e. The standard InChI is InChI=1S/C28H39N3O3/c1-5-16-31(17-6-2)27(33)23-12-13-26(24(18-23)19-29)34-21-25(32)20-30-28(3,4)15-14-22-10-8-7-9-11-22/h7-13,18,25,30,32H,5-6,14-17,20-21H2,1-4H3. The molecule has 0 saturated heterocycles. The molecule has 0 heterocycles. The lowest BCUT2D eigenvalue weighted by Crippen LogP contribution is -2.45. The molecule has 0 spiro atoms. The van der Waals surface area contributed by atoms with Gasteiger partial charge in [-0.05, 0) is 63.3 Å². The van der Waals surface area contributed by atoms with Gasteiger partial charge in [0.05, 0.1) is 5.56 Å². The van der Waals surface area contributed by atoms with Crippen LogP contribution in [0.5, 0.6) is 5.75 Å². The molecule has 6 heteroatoms. The molecule has 0 aliphatic heterocycles. The zero-order valence-electron chi connectivity index (χ0n) is 21.0. The molecule has 0 aliphatic carbocycles. The van der Waals surface area contributed by atoms with Gasteiger partial charge in [0.2, 0.25) is 0 Å². The van der Waals surface area contributed by atoms with Crippen LogP contribution in [0.15, 0.2) is 48.5 Å². The van der Waals surface area contributed by atoms with E-state index in [0.29, 0.717) is 36.5 Å². The number of ether oxygens (including phenoxy) is 1. The van der Waals surface area contributed by atoms with Crippen molar-refractivity contribution in [1.29, 1.82) is 5.26 Å². The van der Waals surface area contributed by atoms with E-state index in [4.69, 9.17) is 4.74 Å². The molecule has 0 radical (unpaired) electrons. The quantitative estimate of drug-likeness (QED) is 0.427. The van der Waals surface area contributed by atoms with Crippen LogP contribution in [0.25, 0.3) is 0 Å². The number of aryl methyl sites for hydroxylation is 1. The third-order valence-corrected chi connectivity index (χ3v) is 5.75. The topological polar surface area (TPSA) is 85.6 Å². The summed E-state index contributed by atoms with van der Waals surface area (Å²) >= 11 is 0. The first-order valence-corrected chi connectivity index (χ1v) is 12.2. The summed E-state index contributed by atoms with van der Waals surface area (Å²) in [4.78, 5) is 14.6. The number of aliphatic hydroxyl groups excluding tert-OH is 1. The number of hydrogen-bond acceptors (Lipinski definition) is 5. The Morgan fingerprint density at radius 3 is 2.44 bits per heavy atom. The Hall–Kier alpha value is -2.88. The molecule has 2 N–H and O–H groups in total. The van der Waals surface area contributed by atoms with Gasteiger partial charge in [-0.1, -0.05) is 44.2 Å². The minimum absolute atomic E-state index is 0.0571. The van der Waals surface area contributed by atoms with Gasteiger partial charge in [0.1, 0.15) is 24.5 Å². The number of nitriles is 1. The molecule has 0 bridgehead atoms. The smallest absolute Gasteiger partial charge is 0.253 e. The molecule has 0 fully saturated rings. The van der Waals surface area contributed by atoms with Crippen molar-refractivity contribution in [1.82, 2.24) is 10.2 Å². The van der Waals surface area contributed by atoms with E-state index >= 15 is 0 Å². The van der Waals surface area contributed by atoms with Crippen molar-refractivity contribution < 1.29 is 14.6 Å². The van der Waals surface area contributed by atoms with E-state index in [1.807, 2.05) is 36.9 Å². The van der Waals surface area contributed by atoms with Crippen molar-refractivity contribution in [3.8, 4) is 11.8 Å². The predicted molar refractivity (Wildman–Crippen MR) is 136 cm³/mol. The van der Waals surface area contributed by atoms with Crippen molar-refractivity contribution in [3.05, 3.63) is 65.2 Å². The zero-order chi connectivity index (χ0) is 25.0. The Bertz CT molecular complexity index is 932. The van der Waals surface area contributed by atoms with Gasteiger partial charge in [-0.3, -0.25) is 4.79 Å². The van der Waals surface area contributed by atoms with E-state index in [2.05, 4.69) is 37.4 Å². The van der Waals surface area contributed by atoms with Gasteiger partial charge in [-0.25, -0.2) is 0 Å². The fourth-order valence-corrected chi connectivity index (χ4v) is 3.74. The predicted octanol–water partition coefficient (Wildman–Crippen LogP) is 4.56. The largest absolute Gasteiger partial charge is 0.489 e. The molecule has 1 amide bonds. The van der Waals surface area contributed by atoms with Crippen LogP contribution in [0.4, 0.5) is 0 Å². The van der Waals surface area contributed by atoms with Gasteiger partial charge >= 0.3 is 0 Å². The minimum atomic E-state index is -0.728. The summed E-state index contributed by atoms with van der Waals surface area (Å²) in [5.41, 5.74) is 1.93. The third kappa shape index (κ3) is 8.81. The number of nitrogens with one attached hydrogen (secondary N) is 1. The van der Waals surface area contributed by atoms with E-state index < -0.39 is 6.10 Å². The van der Waals surface area contributed by atoms with Crippen LogP contribution in [-0.2, 0) is 6.42 Å². The third-order valence-electron chi connectivity index (χ3n) is 5.75. The number of aliphatic hydroxyl groups is 1. The number of carbonyl (C=O) groups excluding carboxylic acids is 1. The summed E-state index contributed by atoms with van der Waals surface area (Å²) in [5.74, 6) is 0.299. The molecule has 1 unspecified atom stereocenters. The molecule has 2 aromatic rings. The van der Waals surface area contributed by atoms with Crippen molar-refractivity contribution in [2.75, 3.05) is 26.2 Å². The van der Waals surface area contributed by atoms with E-state index in [1.165, 1.54) is 5.56 Å². The number of hydrogen-bond donors (Lipinski definition) is 2. The van der Waals surface area contributed by atoms with Gasteiger partial charge in [-0.15, -0.1) is 0 Å². The van der Waals surface area contributed by atoms with Gasteiger partial charge in [-0.2, -0.15) is 5.26 Å². The molecule has 0 aliphatic rings. The summed E-state index contributed by atoms with van der Waals surface area (Å²) in [6.45, 7) is 10.1. The molecule has 34 heavy (non-hydrogen) atoms. The van der Waals surface area contributed by atoms with E-state index in [1.54, 1.807) is 18.2 Å². The van der Waals surface area contributed by atoms with Crippen LogP contribution in [-0.4, -0.2) is 53.8 Å². The molecule has 0 aromatic heterocycles. The zero-order valence-corrected chi connectivity index (χ0v) is 21.0. The second-order valence-electron chi connectivity index (χ2n) is 9.33. The van der Waals surface area contributed by atoms with E-state index in [0.717, 1.165) is 25.7 Å². The lowest BCUT2D eigenvalue weighted by Gasteiger charge is -2.28. The SMILES string of the molecule is CCCN(CCC)C(=O)c1ccc(OCC(O)CNC(C)(C)CCc2ccccc2)c(C#N)c1. The number of rotatable bonds is 14. The van der Waals surface area contributed by atoms with Crippen molar-refractivity contribution in [2.45, 2.75) is 65.0 Å². The maximum absolute atomic E-state index is 12.8. The second kappa shape index (κ2) is 13.7. The normalized spacial score (nSPS) is 12.1. The average Bonchev–Trinajstić information content (AvgIpc) is 2.85. The highest BCUT2D eigenvalue weighted by Gasteiger charge is 2.20. The van der Waals surface area contributed by atoms with Gasteiger partial charge in [0, 0.05) is 30.7 Å². The van der Waals surface area contributed by atoms with Crippen LogP contribution >= 0.6 is 0 Å². The van der Waals surface area contributed by atoms with Crippen LogP contribution in [0.2, 0.25) is 0 Å². The molecular formula is C28H39N3O3. The Morgan fingerprint density at radius 1 is 1.15 bits per heavy atom. The number of carbonyl (C=O) groups is 1. The molecular weight excluding hydrogens is 426 g/mol. The molecule has 184 valence electrons. The summed E-state index contributed by atoms with van der Waals surface area (Å²) in [5, 5.41) is 23.4. The van der Waals surface area contributed by atoms with Crippen molar-refractivity contribution in [2.24, 2.45) is 0 Å². The molecule has 2 aromatic carbocycles. The number of benzene rings is 2. The number of amides is 1. The van der Waals surface area contributed by atoms with Gasteiger partial charge in [0.15, 0.2) is 0 Å². The number of β-amino-alcohol motifs (C(OH)–C–C–N with tert-alkyl or cyclic N) is 1. The lowest BCUT2D eigenvalue weighted by molar-refractivity contribution is 0.0755. The maximum Gasteiger partial charge on any atom is 0.253 e. The Kier molecular flexibility index (Phi) is 11.1. The molecule has 0 saturated carbocycles. The van der Waals surface area contributed by atoms with Crippen LogP contribution < -0.4 is 10.1 Å². The van der Waals surface area contributed by atoms with Crippen LogP contribution in [0, 0.1) is 11.3 Å². The van der Waals surface area contributed by atoms with Gasteiger partial charge in [0.25, 0.3) is 5.91 Å². The molecule has 1 atom stereocenters. The Labute approximate surface area is 204 Å². The summed E-state index contributed by atoms with van der Waals surface area (Å²) in [7, 11) is 0. The van der Waals surface area contributed by atoms with Gasteiger partial charge < -0.3 is 20.1 Å². The summed E-state index contributed by atoms with van der Waals surface area (Å²) in [6, 6.07) is 17.4. The Balaban J connectivity index is 1.89.